The molecule has 0 amide bonds. The van der Waals surface area contributed by atoms with Crippen LogP contribution in [0.5, 0.6) is 23.0 Å². The molecule has 0 bridgehead atoms. The van der Waals surface area contributed by atoms with Gasteiger partial charge in [-0.15, -0.1) is 0 Å². The first-order chi connectivity index (χ1) is 16.8. The number of Topliss-reactive ketones (excluding diaryl/α,β-unsaturated/α-hetero) is 1. The van der Waals surface area contributed by atoms with Crippen LogP contribution in [0.4, 0.5) is 0 Å². The van der Waals surface area contributed by atoms with Crippen molar-refractivity contribution < 1.29 is 28.9 Å². The van der Waals surface area contributed by atoms with Crippen LogP contribution >= 0.6 is 0 Å². The zero-order valence-electron chi connectivity index (χ0n) is 19.5. The van der Waals surface area contributed by atoms with E-state index in [0.717, 1.165) is 11.3 Å². The Kier molecular flexibility index (Phi) is 7.02. The highest BCUT2D eigenvalue weighted by molar-refractivity contribution is 5.97. The lowest BCUT2D eigenvalue weighted by Gasteiger charge is -2.24. The summed E-state index contributed by atoms with van der Waals surface area (Å²) >= 11 is 0. The molecule has 1 N–H and O–H groups in total. The van der Waals surface area contributed by atoms with E-state index in [2.05, 4.69) is 6.07 Å². The predicted octanol–water partition coefficient (Wildman–Crippen LogP) is 5.51. The molecule has 1 atom stereocenters. The van der Waals surface area contributed by atoms with E-state index in [1.165, 1.54) is 6.07 Å². The topological polar surface area (TPSA) is 106 Å². The number of carboxylic acid groups (broad SMARTS) is 1. The van der Waals surface area contributed by atoms with Crippen molar-refractivity contribution in [2.24, 2.45) is 0 Å². The van der Waals surface area contributed by atoms with E-state index in [1.807, 2.05) is 38.1 Å². The molecule has 0 saturated heterocycles. The fourth-order valence-electron chi connectivity index (χ4n) is 3.97. The lowest BCUT2D eigenvalue weighted by Crippen LogP contribution is -2.21. The molecular weight excluding hydrogens is 446 g/mol. The third kappa shape index (κ3) is 5.61. The van der Waals surface area contributed by atoms with Crippen LogP contribution in [0.1, 0.15) is 53.2 Å². The van der Waals surface area contributed by atoms with Crippen LogP contribution in [0.3, 0.4) is 0 Å². The first kappa shape index (κ1) is 23.8. The number of nitrogens with zero attached hydrogens (tertiary/aromatic N) is 1. The van der Waals surface area contributed by atoms with Crippen LogP contribution in [-0.4, -0.2) is 29.6 Å². The number of benzene rings is 3. The van der Waals surface area contributed by atoms with Crippen LogP contribution in [0.15, 0.2) is 60.7 Å². The van der Waals surface area contributed by atoms with Crippen molar-refractivity contribution in [3.63, 3.8) is 0 Å². The zero-order chi connectivity index (χ0) is 24.9. The number of carboxylic acids is 1. The second-order valence-corrected chi connectivity index (χ2v) is 8.57. The number of rotatable bonds is 8. The van der Waals surface area contributed by atoms with E-state index in [4.69, 9.17) is 14.2 Å². The second-order valence-electron chi connectivity index (χ2n) is 8.57. The molecule has 178 valence electrons. The van der Waals surface area contributed by atoms with Crippen molar-refractivity contribution in [3.8, 4) is 29.1 Å². The van der Waals surface area contributed by atoms with Gasteiger partial charge in [-0.2, -0.15) is 5.26 Å². The van der Waals surface area contributed by atoms with Crippen LogP contribution in [0.2, 0.25) is 0 Å². The number of aliphatic carboxylic acids is 1. The van der Waals surface area contributed by atoms with E-state index in [9.17, 15) is 20.0 Å². The number of nitriles is 1. The molecule has 1 aliphatic heterocycles. The van der Waals surface area contributed by atoms with Gasteiger partial charge in [-0.1, -0.05) is 12.1 Å². The molecule has 0 aromatic heterocycles. The van der Waals surface area contributed by atoms with Gasteiger partial charge >= 0.3 is 5.97 Å². The second kappa shape index (κ2) is 10.3. The number of hydrogen-bond donors (Lipinski definition) is 1. The first-order valence-corrected chi connectivity index (χ1v) is 11.3. The Morgan fingerprint density at radius 2 is 1.89 bits per heavy atom. The molecule has 3 aromatic carbocycles. The minimum Gasteiger partial charge on any atom is -0.493 e. The summed E-state index contributed by atoms with van der Waals surface area (Å²) in [5, 5.41) is 19.0. The fraction of sp³-hybridized carbons (Fsp3) is 0.250. The van der Waals surface area contributed by atoms with Crippen LogP contribution in [-0.2, 0) is 11.2 Å². The normalized spacial score (nSPS) is 14.4. The molecular formula is C28H25NO6. The number of ketones is 1. The summed E-state index contributed by atoms with van der Waals surface area (Å²) in [7, 11) is 0. The molecule has 35 heavy (non-hydrogen) atoms. The minimum absolute atomic E-state index is 0.0437. The minimum atomic E-state index is -0.952. The molecule has 7 heteroatoms. The van der Waals surface area contributed by atoms with E-state index < -0.39 is 11.9 Å². The lowest BCUT2D eigenvalue weighted by atomic mass is 9.91. The highest BCUT2D eigenvalue weighted by Crippen LogP contribution is 2.39. The molecule has 7 nitrogen and oxygen atoms in total. The van der Waals surface area contributed by atoms with Gasteiger partial charge in [-0.25, -0.2) is 0 Å². The molecule has 0 fully saturated rings. The van der Waals surface area contributed by atoms with Gasteiger partial charge in [0.2, 0.25) is 0 Å². The van der Waals surface area contributed by atoms with Crippen molar-refractivity contribution in [1.82, 2.24) is 0 Å². The van der Waals surface area contributed by atoms with Crippen LogP contribution in [0.25, 0.3) is 0 Å². The SMILES string of the molecule is CC(C)Oc1cccc(CC(=O)c2ccc(Oc3cc4c(cc3C#N)C(C(=O)O)CCO4)cc2)c1. The van der Waals surface area contributed by atoms with Crippen LogP contribution < -0.4 is 14.2 Å². The summed E-state index contributed by atoms with van der Waals surface area (Å²) < 4.78 is 17.2. The molecule has 3 aromatic rings. The Morgan fingerprint density at radius 3 is 2.57 bits per heavy atom. The standard InChI is InChI=1S/C28H25NO6/c1-17(2)34-22-5-3-4-18(12-22)13-25(30)19-6-8-21(9-7-19)35-26-15-27-24(14-20(26)16-29)23(28(31)32)10-11-33-27/h3-9,12,14-15,17,23H,10-11,13H2,1-2H3,(H,31,32). The van der Waals surface area contributed by atoms with Gasteiger partial charge in [-0.05, 0) is 68.3 Å². The maximum Gasteiger partial charge on any atom is 0.311 e. The Balaban J connectivity index is 1.48. The average Bonchev–Trinajstić information content (AvgIpc) is 2.83. The highest BCUT2D eigenvalue weighted by atomic mass is 16.5. The molecule has 0 aliphatic carbocycles. The van der Waals surface area contributed by atoms with E-state index in [-0.39, 0.29) is 36.2 Å². The van der Waals surface area contributed by atoms with Gasteiger partial charge in [0.25, 0.3) is 0 Å². The highest BCUT2D eigenvalue weighted by Gasteiger charge is 2.29. The number of hydrogen-bond acceptors (Lipinski definition) is 6. The Bertz CT molecular complexity index is 1290. The van der Waals surface area contributed by atoms with E-state index >= 15 is 0 Å². The maximum absolute atomic E-state index is 12.8. The van der Waals surface area contributed by atoms with Crippen molar-refractivity contribution >= 4 is 11.8 Å². The monoisotopic (exact) mass is 471 g/mol. The largest absolute Gasteiger partial charge is 0.493 e. The number of carbonyl (C=O) groups excluding carboxylic acids is 1. The van der Waals surface area contributed by atoms with Crippen molar-refractivity contribution in [3.05, 3.63) is 82.9 Å². The van der Waals surface area contributed by atoms with Gasteiger partial charge < -0.3 is 19.3 Å². The van der Waals surface area contributed by atoms with Crippen molar-refractivity contribution in [1.29, 1.82) is 5.26 Å². The lowest BCUT2D eigenvalue weighted by molar-refractivity contribution is -0.139. The smallest absolute Gasteiger partial charge is 0.311 e. The van der Waals surface area contributed by atoms with Crippen LogP contribution in [0, 0.1) is 11.3 Å². The van der Waals surface area contributed by atoms with Crippen molar-refractivity contribution in [2.75, 3.05) is 6.61 Å². The Morgan fingerprint density at radius 1 is 1.11 bits per heavy atom. The van der Waals surface area contributed by atoms with Gasteiger partial charge in [0, 0.05) is 23.6 Å². The summed E-state index contributed by atoms with van der Waals surface area (Å²) in [6.07, 6.45) is 0.633. The summed E-state index contributed by atoms with van der Waals surface area (Å²) in [6, 6.07) is 19.3. The van der Waals surface area contributed by atoms with Crippen molar-refractivity contribution in [2.45, 2.75) is 38.7 Å². The number of carbonyl (C=O) groups is 2. The number of fused-ring (bicyclic) bond motifs is 1. The summed E-state index contributed by atoms with van der Waals surface area (Å²) in [6.45, 7) is 4.18. The predicted molar refractivity (Wildman–Crippen MR) is 128 cm³/mol. The van der Waals surface area contributed by atoms with E-state index in [0.29, 0.717) is 29.0 Å². The first-order valence-electron chi connectivity index (χ1n) is 11.3. The molecule has 4 rings (SSSR count). The molecule has 0 saturated carbocycles. The molecule has 1 unspecified atom stereocenters. The summed E-state index contributed by atoms with van der Waals surface area (Å²) in [5.41, 5.74) is 2.08. The number of ether oxygens (including phenoxy) is 3. The zero-order valence-corrected chi connectivity index (χ0v) is 19.5. The third-order valence-corrected chi connectivity index (χ3v) is 5.61. The summed E-state index contributed by atoms with van der Waals surface area (Å²) in [4.78, 5) is 24.3. The van der Waals surface area contributed by atoms with Gasteiger partial charge in [-0.3, -0.25) is 9.59 Å². The molecule has 1 aliphatic rings. The quantitative estimate of drug-likeness (QED) is 0.432. The maximum atomic E-state index is 12.8. The Hall–Kier alpha value is -4.31. The summed E-state index contributed by atoms with van der Waals surface area (Å²) in [5.74, 6) is 0.112. The van der Waals surface area contributed by atoms with Gasteiger partial charge in [0.15, 0.2) is 5.78 Å². The van der Waals surface area contributed by atoms with Gasteiger partial charge in [0.1, 0.15) is 29.1 Å². The van der Waals surface area contributed by atoms with E-state index in [1.54, 1.807) is 30.3 Å². The third-order valence-electron chi connectivity index (χ3n) is 5.61. The Labute approximate surface area is 203 Å². The van der Waals surface area contributed by atoms with Gasteiger partial charge in [0.05, 0.1) is 24.2 Å². The molecule has 1 heterocycles. The fourth-order valence-corrected chi connectivity index (χ4v) is 3.97. The molecule has 0 spiro atoms. The molecule has 0 radical (unpaired) electrons. The average molecular weight is 472 g/mol.